The maximum Gasteiger partial charge on any atom is 0.410 e. The third-order valence-corrected chi connectivity index (χ3v) is 7.29. The van der Waals surface area contributed by atoms with Crippen molar-refractivity contribution in [1.82, 2.24) is 14.5 Å². The maximum absolute atomic E-state index is 12.5. The summed E-state index contributed by atoms with van der Waals surface area (Å²) in [6.45, 7) is 8.66. The lowest BCUT2D eigenvalue weighted by molar-refractivity contribution is -0.0590. The van der Waals surface area contributed by atoms with Crippen molar-refractivity contribution in [2.75, 3.05) is 26.8 Å². The Bertz CT molecular complexity index is 1070. The molecule has 3 fully saturated rings. The van der Waals surface area contributed by atoms with Crippen LogP contribution in [0.5, 0.6) is 0 Å². The number of likely N-dealkylation sites (tertiary alicyclic amines) is 1. The van der Waals surface area contributed by atoms with Gasteiger partial charge in [-0.05, 0) is 70.1 Å². The lowest BCUT2D eigenvalue weighted by Crippen LogP contribution is -2.42. The van der Waals surface area contributed by atoms with E-state index in [1.54, 1.807) is 6.07 Å². The Morgan fingerprint density at radius 1 is 1.24 bits per heavy atom. The number of hydrogen-bond donors (Lipinski definition) is 0. The third kappa shape index (κ3) is 4.21. The van der Waals surface area contributed by atoms with Gasteiger partial charge in [0.25, 0.3) is 0 Å². The first-order valence-electron chi connectivity index (χ1n) is 11.9. The van der Waals surface area contributed by atoms with Crippen molar-refractivity contribution in [3.63, 3.8) is 0 Å². The highest BCUT2D eigenvalue weighted by atomic mass is 16.6. The number of hydrogen-bond acceptors (Lipinski definition) is 6. The van der Waals surface area contributed by atoms with E-state index in [0.717, 1.165) is 55.7 Å². The number of carbonyl (C=O) groups is 2. The summed E-state index contributed by atoms with van der Waals surface area (Å²) in [4.78, 5) is 31.4. The average Bonchev–Trinajstić information content (AvgIpc) is 3.30. The molecule has 1 aromatic heterocycles. The van der Waals surface area contributed by atoms with Crippen molar-refractivity contribution < 1.29 is 23.8 Å². The fourth-order valence-corrected chi connectivity index (χ4v) is 5.20. The van der Waals surface area contributed by atoms with E-state index in [9.17, 15) is 9.59 Å². The zero-order valence-electron chi connectivity index (χ0n) is 19.9. The number of benzene rings is 1. The lowest BCUT2D eigenvalue weighted by atomic mass is 9.90. The first-order valence-corrected chi connectivity index (χ1v) is 11.9. The van der Waals surface area contributed by atoms with Gasteiger partial charge in [-0.3, -0.25) is 0 Å². The van der Waals surface area contributed by atoms with Gasteiger partial charge in [-0.25, -0.2) is 14.6 Å². The molecule has 3 aliphatic rings. The molecule has 2 aromatic rings. The summed E-state index contributed by atoms with van der Waals surface area (Å²) in [6, 6.07) is 5.57. The van der Waals surface area contributed by atoms with E-state index < -0.39 is 5.60 Å². The zero-order chi connectivity index (χ0) is 23.4. The van der Waals surface area contributed by atoms with Crippen LogP contribution >= 0.6 is 0 Å². The van der Waals surface area contributed by atoms with E-state index in [0.29, 0.717) is 24.6 Å². The fraction of sp³-hybridized carbons (Fsp3) is 0.640. The number of rotatable bonds is 4. The smallest absolute Gasteiger partial charge is 0.410 e. The lowest BCUT2D eigenvalue weighted by Gasteiger charge is -2.34. The van der Waals surface area contributed by atoms with Crippen LogP contribution in [0.25, 0.3) is 11.0 Å². The van der Waals surface area contributed by atoms with Crippen molar-refractivity contribution in [3.8, 4) is 0 Å². The molecule has 3 heterocycles. The second-order valence-electron chi connectivity index (χ2n) is 10.6. The Morgan fingerprint density at radius 2 is 1.97 bits per heavy atom. The molecule has 2 saturated heterocycles. The van der Waals surface area contributed by atoms with Crippen LogP contribution in [-0.2, 0) is 20.8 Å². The molecule has 0 N–H and O–H groups in total. The topological polar surface area (TPSA) is 82.9 Å². The molecule has 1 unspecified atom stereocenters. The largest absolute Gasteiger partial charge is 0.465 e. The summed E-state index contributed by atoms with van der Waals surface area (Å²) < 4.78 is 18.5. The molecule has 1 saturated carbocycles. The van der Waals surface area contributed by atoms with Crippen molar-refractivity contribution >= 4 is 23.1 Å². The molecule has 8 heteroatoms. The van der Waals surface area contributed by atoms with Gasteiger partial charge in [0.15, 0.2) is 0 Å². The minimum Gasteiger partial charge on any atom is -0.465 e. The Morgan fingerprint density at radius 3 is 2.58 bits per heavy atom. The Kier molecular flexibility index (Phi) is 5.39. The standard InChI is InChI=1S/C25H33N3O5/c1-24(2,3)33-23(30)27-10-8-25(9-11-27)14-18(25)21-26-19-6-5-16(22(29)31-4)13-20(19)28(21)15-17-7-12-32-17/h5-6,13,17-18H,7-12,14-15H2,1-4H3/t17-,18?/m0/s1. The number of ether oxygens (including phenoxy) is 3. The molecule has 0 bridgehead atoms. The molecule has 178 valence electrons. The number of esters is 1. The number of imidazole rings is 1. The van der Waals surface area contributed by atoms with Crippen LogP contribution in [0.3, 0.4) is 0 Å². The molecule has 8 nitrogen and oxygen atoms in total. The van der Waals surface area contributed by atoms with E-state index in [2.05, 4.69) is 4.57 Å². The van der Waals surface area contributed by atoms with Gasteiger partial charge in [0.05, 0.1) is 36.4 Å². The molecule has 2 aliphatic heterocycles. The first kappa shape index (κ1) is 22.2. The second-order valence-corrected chi connectivity index (χ2v) is 10.6. The quantitative estimate of drug-likeness (QED) is 0.645. The van der Waals surface area contributed by atoms with Gasteiger partial charge in [0, 0.05) is 25.6 Å². The maximum atomic E-state index is 12.5. The van der Waals surface area contributed by atoms with Gasteiger partial charge in [0.2, 0.25) is 0 Å². The SMILES string of the molecule is COC(=O)c1ccc2nc(C3CC34CCN(C(=O)OC(C)(C)C)CC4)n(C[C@@H]3CCO3)c2c1. The van der Waals surface area contributed by atoms with E-state index in [1.807, 2.05) is 37.8 Å². The molecule has 2 atom stereocenters. The predicted molar refractivity (Wildman–Crippen MR) is 122 cm³/mol. The van der Waals surface area contributed by atoms with Crippen LogP contribution in [0.1, 0.15) is 68.6 Å². The Labute approximate surface area is 194 Å². The van der Waals surface area contributed by atoms with Crippen molar-refractivity contribution in [2.24, 2.45) is 5.41 Å². The van der Waals surface area contributed by atoms with Crippen LogP contribution < -0.4 is 0 Å². The van der Waals surface area contributed by atoms with Gasteiger partial charge in [-0.15, -0.1) is 0 Å². The summed E-state index contributed by atoms with van der Waals surface area (Å²) >= 11 is 0. The summed E-state index contributed by atoms with van der Waals surface area (Å²) in [7, 11) is 1.40. The first-order chi connectivity index (χ1) is 15.7. The normalized spacial score (nSPS) is 23.9. The van der Waals surface area contributed by atoms with E-state index in [4.69, 9.17) is 19.2 Å². The van der Waals surface area contributed by atoms with Crippen LogP contribution in [0.4, 0.5) is 4.79 Å². The second kappa shape index (κ2) is 8.01. The van der Waals surface area contributed by atoms with Gasteiger partial charge < -0.3 is 23.7 Å². The van der Waals surface area contributed by atoms with Crippen molar-refractivity contribution in [1.29, 1.82) is 0 Å². The highest BCUT2D eigenvalue weighted by Gasteiger charge is 2.58. The van der Waals surface area contributed by atoms with E-state index in [1.165, 1.54) is 7.11 Å². The van der Waals surface area contributed by atoms with Crippen molar-refractivity contribution in [2.45, 2.75) is 70.6 Å². The Hall–Kier alpha value is -2.61. The van der Waals surface area contributed by atoms with Gasteiger partial charge >= 0.3 is 12.1 Å². The number of carbonyl (C=O) groups excluding carboxylic acids is 2. The number of methoxy groups -OCH3 is 1. The van der Waals surface area contributed by atoms with Crippen LogP contribution in [0.2, 0.25) is 0 Å². The Balaban J connectivity index is 1.37. The van der Waals surface area contributed by atoms with Gasteiger partial charge in [-0.2, -0.15) is 0 Å². The minimum atomic E-state index is -0.480. The number of piperidine rings is 1. The van der Waals surface area contributed by atoms with E-state index >= 15 is 0 Å². The van der Waals surface area contributed by atoms with E-state index in [-0.39, 0.29) is 23.6 Å². The van der Waals surface area contributed by atoms with Crippen LogP contribution in [0.15, 0.2) is 18.2 Å². The average molecular weight is 456 g/mol. The molecule has 1 aromatic carbocycles. The molecule has 1 spiro atoms. The summed E-state index contributed by atoms with van der Waals surface area (Å²) in [5.41, 5.74) is 2.08. The number of fused-ring (bicyclic) bond motifs is 1. The van der Waals surface area contributed by atoms with Gasteiger partial charge in [-0.1, -0.05) is 0 Å². The molecule has 33 heavy (non-hydrogen) atoms. The summed E-state index contributed by atoms with van der Waals surface area (Å²) in [5, 5.41) is 0. The molecule has 0 radical (unpaired) electrons. The predicted octanol–water partition coefficient (Wildman–Crippen LogP) is 4.12. The summed E-state index contributed by atoms with van der Waals surface area (Å²) in [6.07, 6.45) is 3.98. The summed E-state index contributed by atoms with van der Waals surface area (Å²) in [5.74, 6) is 1.09. The van der Waals surface area contributed by atoms with Crippen LogP contribution in [0, 0.1) is 5.41 Å². The molecule has 5 rings (SSSR count). The molecule has 1 aliphatic carbocycles. The number of amides is 1. The van der Waals surface area contributed by atoms with Crippen LogP contribution in [-0.4, -0.2) is 65.0 Å². The number of aromatic nitrogens is 2. The number of nitrogens with zero attached hydrogens (tertiary/aromatic N) is 3. The highest BCUT2D eigenvalue weighted by molar-refractivity contribution is 5.93. The van der Waals surface area contributed by atoms with Gasteiger partial charge in [0.1, 0.15) is 11.4 Å². The monoisotopic (exact) mass is 455 g/mol. The van der Waals surface area contributed by atoms with Crippen molar-refractivity contribution in [3.05, 3.63) is 29.6 Å². The zero-order valence-corrected chi connectivity index (χ0v) is 19.9. The third-order valence-electron chi connectivity index (χ3n) is 7.29. The minimum absolute atomic E-state index is 0.184. The highest BCUT2D eigenvalue weighted by Crippen LogP contribution is 2.65. The molecular weight excluding hydrogens is 422 g/mol. The fourth-order valence-electron chi connectivity index (χ4n) is 5.20. The molecule has 1 amide bonds. The molecular formula is C25H33N3O5.